The van der Waals surface area contributed by atoms with Gasteiger partial charge in [-0.2, -0.15) is 4.31 Å². The summed E-state index contributed by atoms with van der Waals surface area (Å²) < 4.78 is 28.9. The molecule has 0 saturated heterocycles. The molecule has 170 valence electrons. The zero-order valence-electron chi connectivity index (χ0n) is 18.0. The summed E-state index contributed by atoms with van der Waals surface area (Å²) in [5, 5.41) is 12.1. The number of nitrogens with one attached hydrogen (secondary N) is 1. The summed E-state index contributed by atoms with van der Waals surface area (Å²) in [6.07, 6.45) is 6.61. The standard InChI is InChI=1S/C23H28N4O4S/c1-26(20-8-7-18(14-20)11-12-28)32(30,31)21-9-10-22(24-16-21)27-23(29)19(15-25-27)13-17-5-3-2-4-6-17/h2-6,9-10,15-16,18,20,25,28H,7-8,11-14H2,1H3. The fourth-order valence-electron chi connectivity index (χ4n) is 4.36. The lowest BCUT2D eigenvalue weighted by atomic mass is 10.0. The first-order valence-corrected chi connectivity index (χ1v) is 12.2. The number of pyridine rings is 1. The fraction of sp³-hybridized carbons (Fsp3) is 0.391. The van der Waals surface area contributed by atoms with E-state index in [2.05, 4.69) is 10.1 Å². The van der Waals surface area contributed by atoms with Gasteiger partial charge in [0.05, 0.1) is 0 Å². The zero-order valence-corrected chi connectivity index (χ0v) is 18.8. The van der Waals surface area contributed by atoms with Crippen LogP contribution in [0.3, 0.4) is 0 Å². The number of aliphatic hydroxyl groups is 1. The van der Waals surface area contributed by atoms with Gasteiger partial charge in [-0.25, -0.2) is 18.1 Å². The minimum absolute atomic E-state index is 0.0807. The summed E-state index contributed by atoms with van der Waals surface area (Å²) in [7, 11) is -2.10. The second-order valence-electron chi connectivity index (χ2n) is 8.32. The maximum atomic E-state index is 13.1. The van der Waals surface area contributed by atoms with Crippen LogP contribution in [0.15, 0.2) is 64.5 Å². The van der Waals surface area contributed by atoms with Gasteiger partial charge in [-0.15, -0.1) is 0 Å². The maximum Gasteiger partial charge on any atom is 0.276 e. The van der Waals surface area contributed by atoms with Crippen molar-refractivity contribution in [3.63, 3.8) is 0 Å². The number of H-pyrrole nitrogens is 1. The highest BCUT2D eigenvalue weighted by Crippen LogP contribution is 2.33. The number of aromatic amines is 1. The Morgan fingerprint density at radius 2 is 1.97 bits per heavy atom. The van der Waals surface area contributed by atoms with E-state index in [9.17, 15) is 13.2 Å². The van der Waals surface area contributed by atoms with E-state index in [4.69, 9.17) is 5.11 Å². The summed E-state index contributed by atoms with van der Waals surface area (Å²) in [6.45, 7) is 0.129. The minimum atomic E-state index is -3.69. The van der Waals surface area contributed by atoms with Gasteiger partial charge in [0.25, 0.3) is 5.56 Å². The van der Waals surface area contributed by atoms with E-state index < -0.39 is 10.0 Å². The summed E-state index contributed by atoms with van der Waals surface area (Å²) in [6, 6.07) is 12.6. The van der Waals surface area contributed by atoms with Gasteiger partial charge in [-0.05, 0) is 49.3 Å². The molecule has 0 spiro atoms. The number of aliphatic hydroxyl groups excluding tert-OH is 1. The third-order valence-corrected chi connectivity index (χ3v) is 8.17. The van der Waals surface area contributed by atoms with E-state index in [0.29, 0.717) is 30.1 Å². The largest absolute Gasteiger partial charge is 0.396 e. The third-order valence-electron chi connectivity index (χ3n) is 6.28. The van der Waals surface area contributed by atoms with E-state index in [-0.39, 0.29) is 23.1 Å². The number of hydrogen-bond acceptors (Lipinski definition) is 5. The third kappa shape index (κ3) is 4.55. The molecule has 0 amide bonds. The van der Waals surface area contributed by atoms with Crippen LogP contribution in [0, 0.1) is 5.92 Å². The van der Waals surface area contributed by atoms with Crippen LogP contribution in [0.2, 0.25) is 0 Å². The van der Waals surface area contributed by atoms with Gasteiger partial charge in [0.2, 0.25) is 10.0 Å². The lowest BCUT2D eigenvalue weighted by Crippen LogP contribution is -2.35. The number of aromatic nitrogens is 3. The Hall–Kier alpha value is -2.75. The molecule has 2 unspecified atom stereocenters. The van der Waals surface area contributed by atoms with Crippen molar-refractivity contribution in [2.75, 3.05) is 13.7 Å². The molecule has 0 aliphatic heterocycles. The molecule has 2 atom stereocenters. The molecule has 9 heteroatoms. The van der Waals surface area contributed by atoms with E-state index in [1.165, 1.54) is 27.3 Å². The Kier molecular flexibility index (Phi) is 6.59. The van der Waals surface area contributed by atoms with Gasteiger partial charge >= 0.3 is 0 Å². The lowest BCUT2D eigenvalue weighted by molar-refractivity contribution is 0.254. The van der Waals surface area contributed by atoms with Gasteiger partial charge in [0.15, 0.2) is 5.82 Å². The van der Waals surface area contributed by atoms with Crippen molar-refractivity contribution in [1.82, 2.24) is 19.1 Å². The number of hydrogen-bond donors (Lipinski definition) is 2. The molecule has 1 aliphatic rings. The van der Waals surface area contributed by atoms with E-state index in [0.717, 1.165) is 24.8 Å². The Morgan fingerprint density at radius 3 is 2.66 bits per heavy atom. The molecule has 1 aromatic carbocycles. The average molecular weight is 457 g/mol. The van der Waals surface area contributed by atoms with E-state index in [1.807, 2.05) is 30.3 Å². The Morgan fingerprint density at radius 1 is 1.19 bits per heavy atom. The number of benzene rings is 1. The van der Waals surface area contributed by atoms with Crippen LogP contribution in [0.1, 0.15) is 36.8 Å². The van der Waals surface area contributed by atoms with Crippen LogP contribution in [0.25, 0.3) is 5.82 Å². The molecule has 2 aromatic heterocycles. The lowest BCUT2D eigenvalue weighted by Gasteiger charge is -2.24. The van der Waals surface area contributed by atoms with Gasteiger partial charge in [0.1, 0.15) is 4.90 Å². The molecule has 4 rings (SSSR count). The second kappa shape index (κ2) is 9.40. The molecule has 0 radical (unpaired) electrons. The van der Waals surface area contributed by atoms with Crippen molar-refractivity contribution in [1.29, 1.82) is 0 Å². The molecule has 0 bridgehead atoms. The van der Waals surface area contributed by atoms with Crippen LogP contribution in [0.4, 0.5) is 0 Å². The molecule has 2 N–H and O–H groups in total. The summed E-state index contributed by atoms with van der Waals surface area (Å²) >= 11 is 0. The molecule has 8 nitrogen and oxygen atoms in total. The van der Waals surface area contributed by atoms with E-state index in [1.54, 1.807) is 13.2 Å². The molecule has 2 heterocycles. The maximum absolute atomic E-state index is 13.1. The Bertz CT molecular complexity index is 1200. The molecule has 1 fully saturated rings. The molecule has 3 aromatic rings. The normalized spacial score (nSPS) is 19.0. The van der Waals surface area contributed by atoms with Gasteiger partial charge in [-0.1, -0.05) is 30.3 Å². The number of nitrogens with zero attached hydrogens (tertiary/aromatic N) is 3. The Labute approximate surface area is 187 Å². The van der Waals surface area contributed by atoms with Crippen molar-refractivity contribution in [3.05, 3.63) is 76.3 Å². The average Bonchev–Trinajstić information content (AvgIpc) is 3.41. The smallest absolute Gasteiger partial charge is 0.276 e. The molecule has 1 saturated carbocycles. The van der Waals surface area contributed by atoms with Crippen molar-refractivity contribution >= 4 is 10.0 Å². The van der Waals surface area contributed by atoms with Crippen LogP contribution < -0.4 is 5.56 Å². The topological polar surface area (TPSA) is 108 Å². The first-order chi connectivity index (χ1) is 15.4. The molecule has 32 heavy (non-hydrogen) atoms. The van der Waals surface area contributed by atoms with Crippen LogP contribution in [0.5, 0.6) is 0 Å². The van der Waals surface area contributed by atoms with Crippen molar-refractivity contribution < 1.29 is 13.5 Å². The second-order valence-corrected chi connectivity index (χ2v) is 10.3. The number of sulfonamides is 1. The van der Waals surface area contributed by atoms with Crippen LogP contribution in [-0.4, -0.2) is 52.3 Å². The Balaban J connectivity index is 1.50. The van der Waals surface area contributed by atoms with E-state index >= 15 is 0 Å². The van der Waals surface area contributed by atoms with Gasteiger partial charge < -0.3 is 5.11 Å². The van der Waals surface area contributed by atoms with Crippen molar-refractivity contribution in [3.8, 4) is 5.82 Å². The summed E-state index contributed by atoms with van der Waals surface area (Å²) in [5.74, 6) is 0.688. The molecular formula is C23H28N4O4S. The number of rotatable bonds is 8. The minimum Gasteiger partial charge on any atom is -0.396 e. The quantitative estimate of drug-likeness (QED) is 0.541. The molecular weight excluding hydrogens is 428 g/mol. The first kappa shape index (κ1) is 22.4. The SMILES string of the molecule is CN(C1CCC(CCO)C1)S(=O)(=O)c1ccc(-n2[nH]cc(Cc3ccccc3)c2=O)nc1. The monoisotopic (exact) mass is 456 g/mol. The summed E-state index contributed by atoms with van der Waals surface area (Å²) in [4.78, 5) is 17.1. The highest BCUT2D eigenvalue weighted by atomic mass is 32.2. The van der Waals surface area contributed by atoms with Crippen LogP contribution in [-0.2, 0) is 16.4 Å². The van der Waals surface area contributed by atoms with Crippen molar-refractivity contribution in [2.24, 2.45) is 5.92 Å². The van der Waals surface area contributed by atoms with Crippen LogP contribution >= 0.6 is 0 Å². The predicted octanol–water partition coefficient (Wildman–Crippen LogP) is 2.32. The predicted molar refractivity (Wildman–Crippen MR) is 121 cm³/mol. The summed E-state index contributed by atoms with van der Waals surface area (Å²) in [5.41, 5.74) is 1.42. The zero-order chi connectivity index (χ0) is 22.7. The first-order valence-electron chi connectivity index (χ1n) is 10.8. The van der Waals surface area contributed by atoms with Crippen molar-refractivity contribution in [2.45, 2.75) is 43.0 Å². The molecule has 1 aliphatic carbocycles. The van der Waals surface area contributed by atoms with Gasteiger partial charge in [0, 0.05) is 44.1 Å². The van der Waals surface area contributed by atoms with Gasteiger partial charge in [-0.3, -0.25) is 9.89 Å². The highest BCUT2D eigenvalue weighted by Gasteiger charge is 2.34. The fourth-order valence-corrected chi connectivity index (χ4v) is 5.70. The highest BCUT2D eigenvalue weighted by molar-refractivity contribution is 7.89.